The van der Waals surface area contributed by atoms with Crippen LogP contribution in [0, 0.1) is 5.92 Å². The summed E-state index contributed by atoms with van der Waals surface area (Å²) >= 11 is 0. The normalized spacial score (nSPS) is 18.4. The summed E-state index contributed by atoms with van der Waals surface area (Å²) in [7, 11) is 0. The first-order chi connectivity index (χ1) is 10.1. The van der Waals surface area contributed by atoms with Gasteiger partial charge in [-0.25, -0.2) is 0 Å². The van der Waals surface area contributed by atoms with Gasteiger partial charge in [0.15, 0.2) is 0 Å². The van der Waals surface area contributed by atoms with Crippen molar-refractivity contribution in [3.63, 3.8) is 0 Å². The van der Waals surface area contributed by atoms with Crippen LogP contribution >= 0.6 is 0 Å². The van der Waals surface area contributed by atoms with Gasteiger partial charge in [-0.3, -0.25) is 4.79 Å². The summed E-state index contributed by atoms with van der Waals surface area (Å²) in [5.41, 5.74) is 7.91. The Morgan fingerprint density at radius 3 is 2.43 bits per heavy atom. The molecule has 0 radical (unpaired) electrons. The van der Waals surface area contributed by atoms with E-state index in [9.17, 15) is 4.79 Å². The van der Waals surface area contributed by atoms with Gasteiger partial charge in [0, 0.05) is 18.3 Å². The number of nitrogens with two attached hydrogens (primary N) is 1. The fourth-order valence-electron chi connectivity index (χ4n) is 2.54. The second-order valence-corrected chi connectivity index (χ2v) is 6.13. The Bertz CT molecular complexity index is 450. The second kappa shape index (κ2) is 7.57. The van der Waals surface area contributed by atoms with Gasteiger partial charge in [0.1, 0.15) is 0 Å². The highest BCUT2D eigenvalue weighted by atomic mass is 16.1. The van der Waals surface area contributed by atoms with E-state index in [2.05, 4.69) is 22.3 Å². The molecule has 0 bridgehead atoms. The van der Waals surface area contributed by atoms with Gasteiger partial charge in [0.2, 0.25) is 5.91 Å². The Hall–Kier alpha value is -1.39. The molecule has 21 heavy (non-hydrogen) atoms. The molecule has 1 heterocycles. The quantitative estimate of drug-likeness (QED) is 0.844. The van der Waals surface area contributed by atoms with Crippen molar-refractivity contribution in [2.75, 3.05) is 25.0 Å². The predicted octanol–water partition coefficient (Wildman–Crippen LogP) is 2.25. The molecular weight excluding hydrogens is 262 g/mol. The Labute approximate surface area is 127 Å². The zero-order chi connectivity index (χ0) is 15.2. The third kappa shape index (κ3) is 4.83. The molecule has 2 atom stereocenters. The average molecular weight is 289 g/mol. The maximum absolute atomic E-state index is 11.9. The van der Waals surface area contributed by atoms with Crippen LogP contribution in [0.3, 0.4) is 0 Å². The second-order valence-electron chi connectivity index (χ2n) is 6.13. The van der Waals surface area contributed by atoms with Crippen LogP contribution < -0.4 is 11.1 Å². The molecule has 1 amide bonds. The van der Waals surface area contributed by atoms with Crippen LogP contribution in [0.25, 0.3) is 0 Å². The highest BCUT2D eigenvalue weighted by Crippen LogP contribution is 2.14. The lowest BCUT2D eigenvalue weighted by atomic mass is 10.0. The lowest BCUT2D eigenvalue weighted by Crippen LogP contribution is -2.34. The van der Waals surface area contributed by atoms with Crippen molar-refractivity contribution in [3.05, 3.63) is 29.8 Å². The number of nitrogens with one attached hydrogen (secondary N) is 1. The van der Waals surface area contributed by atoms with Crippen molar-refractivity contribution in [2.24, 2.45) is 11.7 Å². The van der Waals surface area contributed by atoms with E-state index in [4.69, 9.17) is 5.73 Å². The molecule has 0 spiro atoms. The molecule has 4 heteroatoms. The molecule has 116 valence electrons. The van der Waals surface area contributed by atoms with Gasteiger partial charge in [-0.1, -0.05) is 19.1 Å². The molecule has 1 saturated heterocycles. The molecule has 0 aromatic heterocycles. The predicted molar refractivity (Wildman–Crippen MR) is 87.3 cm³/mol. The zero-order valence-corrected chi connectivity index (χ0v) is 13.1. The molecule has 0 aliphatic carbocycles. The topological polar surface area (TPSA) is 58.4 Å². The molecule has 1 aliphatic rings. The molecule has 4 nitrogen and oxygen atoms in total. The molecule has 1 aromatic rings. The van der Waals surface area contributed by atoms with E-state index in [-0.39, 0.29) is 17.9 Å². The van der Waals surface area contributed by atoms with Crippen LogP contribution in [0.5, 0.6) is 0 Å². The number of hydrogen-bond acceptors (Lipinski definition) is 3. The minimum atomic E-state index is -0.181. The maximum atomic E-state index is 11.9. The van der Waals surface area contributed by atoms with E-state index >= 15 is 0 Å². The minimum absolute atomic E-state index is 0.0187. The SMILES string of the molecule is CC(N)C(C)C(=O)Nc1ccc(CCN2CCCC2)cc1. The largest absolute Gasteiger partial charge is 0.327 e. The first kappa shape index (κ1) is 16.0. The van der Waals surface area contributed by atoms with Crippen LogP contribution in [0.1, 0.15) is 32.3 Å². The van der Waals surface area contributed by atoms with E-state index in [1.165, 1.54) is 31.5 Å². The maximum Gasteiger partial charge on any atom is 0.228 e. The Morgan fingerprint density at radius 2 is 1.86 bits per heavy atom. The fraction of sp³-hybridized carbons (Fsp3) is 0.588. The van der Waals surface area contributed by atoms with Crippen molar-refractivity contribution in [1.82, 2.24) is 4.90 Å². The van der Waals surface area contributed by atoms with Gasteiger partial charge in [0.25, 0.3) is 0 Å². The van der Waals surface area contributed by atoms with E-state index in [1.807, 2.05) is 26.0 Å². The van der Waals surface area contributed by atoms with Crippen LogP contribution in [-0.4, -0.2) is 36.5 Å². The molecule has 3 N–H and O–H groups in total. The van der Waals surface area contributed by atoms with Crippen molar-refractivity contribution in [1.29, 1.82) is 0 Å². The van der Waals surface area contributed by atoms with E-state index in [0.717, 1.165) is 18.7 Å². The summed E-state index contributed by atoms with van der Waals surface area (Å²) < 4.78 is 0. The summed E-state index contributed by atoms with van der Waals surface area (Å²) in [6.45, 7) is 7.32. The lowest BCUT2D eigenvalue weighted by Gasteiger charge is -2.16. The van der Waals surface area contributed by atoms with Crippen molar-refractivity contribution >= 4 is 11.6 Å². The number of hydrogen-bond donors (Lipinski definition) is 2. The smallest absolute Gasteiger partial charge is 0.228 e. The third-order valence-corrected chi connectivity index (χ3v) is 4.34. The first-order valence-electron chi connectivity index (χ1n) is 7.94. The summed E-state index contributed by atoms with van der Waals surface area (Å²) in [5.74, 6) is -0.199. The molecule has 2 unspecified atom stereocenters. The van der Waals surface area contributed by atoms with Gasteiger partial charge in [-0.05, 0) is 57.0 Å². The zero-order valence-electron chi connectivity index (χ0n) is 13.1. The summed E-state index contributed by atoms with van der Waals surface area (Å²) in [4.78, 5) is 14.5. The number of carbonyl (C=O) groups excluding carboxylic acids is 1. The third-order valence-electron chi connectivity index (χ3n) is 4.34. The Kier molecular flexibility index (Phi) is 5.76. The number of anilines is 1. The number of carbonyl (C=O) groups is 1. The van der Waals surface area contributed by atoms with E-state index < -0.39 is 0 Å². The van der Waals surface area contributed by atoms with Gasteiger partial charge in [-0.15, -0.1) is 0 Å². The van der Waals surface area contributed by atoms with Gasteiger partial charge >= 0.3 is 0 Å². The standard InChI is InChI=1S/C17H27N3O/c1-13(14(2)18)17(21)19-16-7-5-15(6-8-16)9-12-20-10-3-4-11-20/h5-8,13-14H,3-4,9-12,18H2,1-2H3,(H,19,21). The van der Waals surface area contributed by atoms with Gasteiger partial charge in [0.05, 0.1) is 5.92 Å². The Balaban J connectivity index is 1.82. The fourth-order valence-corrected chi connectivity index (χ4v) is 2.54. The number of amides is 1. The number of nitrogens with zero attached hydrogens (tertiary/aromatic N) is 1. The van der Waals surface area contributed by atoms with Crippen molar-refractivity contribution in [2.45, 2.75) is 39.2 Å². The van der Waals surface area contributed by atoms with Crippen LogP contribution in [0.15, 0.2) is 24.3 Å². The molecule has 0 saturated carbocycles. The summed E-state index contributed by atoms with van der Waals surface area (Å²) in [6, 6.07) is 8.02. The number of likely N-dealkylation sites (tertiary alicyclic amines) is 1. The highest BCUT2D eigenvalue weighted by molar-refractivity contribution is 5.92. The molecular formula is C17H27N3O. The van der Waals surface area contributed by atoms with E-state index in [0.29, 0.717) is 0 Å². The highest BCUT2D eigenvalue weighted by Gasteiger charge is 2.17. The van der Waals surface area contributed by atoms with Gasteiger partial charge < -0.3 is 16.0 Å². The number of rotatable bonds is 6. The number of benzene rings is 1. The van der Waals surface area contributed by atoms with Crippen molar-refractivity contribution < 1.29 is 4.79 Å². The summed E-state index contributed by atoms with van der Waals surface area (Å²) in [5, 5.41) is 2.92. The molecule has 1 aliphatic heterocycles. The monoisotopic (exact) mass is 289 g/mol. The van der Waals surface area contributed by atoms with Gasteiger partial charge in [-0.2, -0.15) is 0 Å². The molecule has 1 aromatic carbocycles. The van der Waals surface area contributed by atoms with Crippen LogP contribution in [0.4, 0.5) is 5.69 Å². The van der Waals surface area contributed by atoms with Crippen LogP contribution in [0.2, 0.25) is 0 Å². The average Bonchev–Trinajstić information content (AvgIpc) is 2.99. The summed E-state index contributed by atoms with van der Waals surface area (Å²) in [6.07, 6.45) is 3.75. The minimum Gasteiger partial charge on any atom is -0.327 e. The lowest BCUT2D eigenvalue weighted by molar-refractivity contribution is -0.119. The molecule has 2 rings (SSSR count). The van der Waals surface area contributed by atoms with Crippen molar-refractivity contribution in [3.8, 4) is 0 Å². The Morgan fingerprint density at radius 1 is 1.24 bits per heavy atom. The van der Waals surface area contributed by atoms with Crippen LogP contribution in [-0.2, 0) is 11.2 Å². The van der Waals surface area contributed by atoms with E-state index in [1.54, 1.807) is 0 Å². The first-order valence-corrected chi connectivity index (χ1v) is 7.94. The molecule has 1 fully saturated rings.